The summed E-state index contributed by atoms with van der Waals surface area (Å²) in [6.07, 6.45) is 1.64. The van der Waals surface area contributed by atoms with E-state index in [-0.39, 0.29) is 0 Å². The largest absolute Gasteiger partial charge is 0.378 e. The minimum atomic E-state index is 0.702. The van der Waals surface area contributed by atoms with E-state index in [1.165, 1.54) is 5.56 Å². The van der Waals surface area contributed by atoms with Crippen LogP contribution in [0.3, 0.4) is 0 Å². The van der Waals surface area contributed by atoms with Gasteiger partial charge in [0.1, 0.15) is 0 Å². The second kappa shape index (κ2) is 4.89. The Morgan fingerprint density at radius 3 is 2.29 bits per heavy atom. The third-order valence-corrected chi connectivity index (χ3v) is 2.26. The van der Waals surface area contributed by atoms with Crippen molar-refractivity contribution in [3.05, 3.63) is 42.0 Å². The number of nitrogens with zero attached hydrogens (tertiary/aromatic N) is 1. The molecule has 0 aliphatic rings. The molecule has 0 spiro atoms. The van der Waals surface area contributed by atoms with Gasteiger partial charge in [-0.3, -0.25) is 0 Å². The molecular weight excluding hydrogens is 169 g/mol. The van der Waals surface area contributed by atoms with Crippen molar-refractivity contribution in [1.82, 2.24) is 4.90 Å². The van der Waals surface area contributed by atoms with E-state index in [9.17, 15) is 0 Å². The van der Waals surface area contributed by atoms with Crippen LogP contribution in [-0.2, 0) is 6.42 Å². The van der Waals surface area contributed by atoms with Crippen molar-refractivity contribution in [2.45, 2.75) is 12.7 Å². The van der Waals surface area contributed by atoms with Gasteiger partial charge >= 0.3 is 0 Å². The third-order valence-electron chi connectivity index (χ3n) is 2.26. The van der Waals surface area contributed by atoms with Crippen molar-refractivity contribution in [3.63, 3.8) is 0 Å². The lowest BCUT2D eigenvalue weighted by molar-refractivity contribution is 0.593. The topological polar surface area (TPSA) is 3.24 Å². The molecule has 2 radical (unpaired) electrons. The van der Waals surface area contributed by atoms with Crippen LogP contribution < -0.4 is 0 Å². The summed E-state index contributed by atoms with van der Waals surface area (Å²) in [4.78, 5) is 2.01. The van der Waals surface area contributed by atoms with E-state index < -0.39 is 0 Å². The summed E-state index contributed by atoms with van der Waals surface area (Å²) >= 11 is 0. The molecule has 0 saturated carbocycles. The summed E-state index contributed by atoms with van der Waals surface area (Å²) in [5, 5.41) is 0. The van der Waals surface area contributed by atoms with Gasteiger partial charge in [-0.25, -0.2) is 0 Å². The van der Waals surface area contributed by atoms with Crippen LogP contribution in [0.25, 0.3) is 5.70 Å². The SMILES string of the molecule is [B]CCc1ccc(C(=C)N(C)C)cc1. The Morgan fingerprint density at radius 1 is 1.29 bits per heavy atom. The van der Waals surface area contributed by atoms with Crippen molar-refractivity contribution in [3.8, 4) is 0 Å². The molecule has 0 fully saturated rings. The molecule has 0 amide bonds. The van der Waals surface area contributed by atoms with Gasteiger partial charge in [0, 0.05) is 19.8 Å². The number of rotatable bonds is 4. The quantitative estimate of drug-likeness (QED) is 0.650. The molecular formula is C12H16BN. The van der Waals surface area contributed by atoms with Crippen molar-refractivity contribution < 1.29 is 0 Å². The Hall–Kier alpha value is -1.18. The first-order chi connectivity index (χ1) is 6.65. The molecule has 0 heterocycles. The Labute approximate surface area is 87.8 Å². The molecule has 1 rings (SSSR count). The number of hydrogen-bond acceptors (Lipinski definition) is 1. The molecule has 0 atom stereocenters. The summed E-state index contributed by atoms with van der Waals surface area (Å²) in [6.45, 7) is 4.00. The van der Waals surface area contributed by atoms with Crippen LogP contribution in [0.15, 0.2) is 30.8 Å². The van der Waals surface area contributed by atoms with Crippen molar-refractivity contribution in [1.29, 1.82) is 0 Å². The van der Waals surface area contributed by atoms with Gasteiger partial charge in [-0.05, 0) is 17.5 Å². The lowest BCUT2D eigenvalue weighted by Gasteiger charge is -2.15. The maximum absolute atomic E-state index is 5.48. The van der Waals surface area contributed by atoms with E-state index >= 15 is 0 Å². The van der Waals surface area contributed by atoms with E-state index in [4.69, 9.17) is 7.85 Å². The first-order valence-corrected chi connectivity index (χ1v) is 4.80. The summed E-state index contributed by atoms with van der Waals surface area (Å²) in [5.74, 6) is 0. The highest BCUT2D eigenvalue weighted by Gasteiger charge is 2.00. The second-order valence-electron chi connectivity index (χ2n) is 3.58. The molecule has 0 aromatic heterocycles. The van der Waals surface area contributed by atoms with E-state index in [1.807, 2.05) is 19.0 Å². The van der Waals surface area contributed by atoms with Crippen molar-refractivity contribution in [2.75, 3.05) is 14.1 Å². The maximum atomic E-state index is 5.48. The Balaban J connectivity index is 2.78. The first kappa shape index (κ1) is 10.9. The lowest BCUT2D eigenvalue weighted by Crippen LogP contribution is -2.08. The monoisotopic (exact) mass is 185 g/mol. The van der Waals surface area contributed by atoms with Gasteiger partial charge in [0.2, 0.25) is 0 Å². The molecule has 1 nitrogen and oxygen atoms in total. The molecule has 0 unspecified atom stereocenters. The second-order valence-corrected chi connectivity index (χ2v) is 3.58. The average molecular weight is 185 g/mol. The predicted octanol–water partition coefficient (Wildman–Crippen LogP) is 2.35. The molecule has 0 saturated heterocycles. The minimum Gasteiger partial charge on any atom is -0.378 e. The van der Waals surface area contributed by atoms with Gasteiger partial charge < -0.3 is 4.90 Å². The van der Waals surface area contributed by atoms with Gasteiger partial charge in [0.25, 0.3) is 0 Å². The van der Waals surface area contributed by atoms with Crippen LogP contribution in [0.2, 0.25) is 6.32 Å². The van der Waals surface area contributed by atoms with Crippen LogP contribution >= 0.6 is 0 Å². The van der Waals surface area contributed by atoms with Crippen LogP contribution in [-0.4, -0.2) is 26.8 Å². The molecule has 0 bridgehead atoms. The Kier molecular flexibility index (Phi) is 3.81. The fraction of sp³-hybridized carbons (Fsp3) is 0.333. The molecule has 1 aromatic rings. The van der Waals surface area contributed by atoms with Crippen LogP contribution in [0.4, 0.5) is 0 Å². The average Bonchev–Trinajstić information content (AvgIpc) is 2.18. The molecule has 14 heavy (non-hydrogen) atoms. The van der Waals surface area contributed by atoms with Gasteiger partial charge in [-0.1, -0.05) is 37.2 Å². The number of hydrogen-bond donors (Lipinski definition) is 0. The summed E-state index contributed by atoms with van der Waals surface area (Å²) in [7, 11) is 9.47. The highest BCUT2D eigenvalue weighted by atomic mass is 15.1. The van der Waals surface area contributed by atoms with Gasteiger partial charge in [-0.2, -0.15) is 0 Å². The zero-order valence-electron chi connectivity index (χ0n) is 8.96. The van der Waals surface area contributed by atoms with E-state index in [0.717, 1.165) is 17.7 Å². The fourth-order valence-corrected chi connectivity index (χ4v) is 1.29. The highest BCUT2D eigenvalue weighted by molar-refractivity contribution is 6.08. The molecule has 0 aliphatic carbocycles. The zero-order valence-corrected chi connectivity index (χ0v) is 8.96. The van der Waals surface area contributed by atoms with Gasteiger partial charge in [-0.15, -0.1) is 0 Å². The van der Waals surface area contributed by atoms with Gasteiger partial charge in [0.15, 0.2) is 0 Å². The minimum absolute atomic E-state index is 0.702. The summed E-state index contributed by atoms with van der Waals surface area (Å²) < 4.78 is 0. The van der Waals surface area contributed by atoms with Gasteiger partial charge in [0.05, 0.1) is 7.85 Å². The highest BCUT2D eigenvalue weighted by Crippen LogP contribution is 2.15. The fourth-order valence-electron chi connectivity index (χ4n) is 1.29. The molecule has 0 aliphatic heterocycles. The van der Waals surface area contributed by atoms with Crippen LogP contribution in [0.5, 0.6) is 0 Å². The third kappa shape index (κ3) is 2.66. The van der Waals surface area contributed by atoms with Crippen molar-refractivity contribution in [2.24, 2.45) is 0 Å². The zero-order chi connectivity index (χ0) is 10.6. The first-order valence-electron chi connectivity index (χ1n) is 4.80. The maximum Gasteiger partial charge on any atom is 0.0657 e. The van der Waals surface area contributed by atoms with Crippen LogP contribution in [0.1, 0.15) is 11.1 Å². The van der Waals surface area contributed by atoms with Crippen molar-refractivity contribution >= 4 is 13.5 Å². The number of aryl methyl sites for hydroxylation is 1. The summed E-state index contributed by atoms with van der Waals surface area (Å²) in [5.41, 5.74) is 3.47. The molecule has 0 N–H and O–H groups in total. The molecule has 1 aromatic carbocycles. The molecule has 72 valence electrons. The lowest BCUT2D eigenvalue weighted by atomic mass is 9.96. The van der Waals surface area contributed by atoms with E-state index in [1.54, 1.807) is 0 Å². The predicted molar refractivity (Wildman–Crippen MR) is 63.4 cm³/mol. The van der Waals surface area contributed by atoms with Crippen LogP contribution in [0, 0.1) is 0 Å². The smallest absolute Gasteiger partial charge is 0.0657 e. The summed E-state index contributed by atoms with van der Waals surface area (Å²) in [6, 6.07) is 8.40. The Bertz CT molecular complexity index is 301. The number of benzene rings is 1. The van der Waals surface area contributed by atoms with E-state index in [0.29, 0.717) is 6.32 Å². The Morgan fingerprint density at radius 2 is 1.86 bits per heavy atom. The molecule has 2 heteroatoms. The van der Waals surface area contributed by atoms with E-state index in [2.05, 4.69) is 30.8 Å². The standard InChI is InChI=1S/C12H16BN/c1-10(14(2)3)12-6-4-11(5-7-12)8-9-13/h4-7H,1,8-9H2,2-3H3. The normalized spacial score (nSPS) is 9.86.